The summed E-state index contributed by atoms with van der Waals surface area (Å²) in [7, 11) is 0. The first-order valence-corrected chi connectivity index (χ1v) is 17.7. The van der Waals surface area contributed by atoms with Crippen molar-refractivity contribution in [2.24, 2.45) is 0 Å². The van der Waals surface area contributed by atoms with Crippen molar-refractivity contribution < 1.29 is 0 Å². The van der Waals surface area contributed by atoms with Crippen molar-refractivity contribution in [3.8, 4) is 28.3 Å². The first-order valence-electron chi connectivity index (χ1n) is 16.9. The van der Waals surface area contributed by atoms with Crippen LogP contribution < -0.4 is 0 Å². The van der Waals surface area contributed by atoms with Crippen LogP contribution in [0.5, 0.6) is 0 Å². The summed E-state index contributed by atoms with van der Waals surface area (Å²) >= 11 is 1.85. The second-order valence-electron chi connectivity index (χ2n) is 13.0. The lowest BCUT2D eigenvalue weighted by atomic mass is 10.0. The number of rotatable bonds is 3. The highest BCUT2D eigenvalue weighted by Gasteiger charge is 2.20. The van der Waals surface area contributed by atoms with Gasteiger partial charge in [-0.15, -0.1) is 11.3 Å². The van der Waals surface area contributed by atoms with Crippen LogP contribution >= 0.6 is 11.3 Å². The monoisotopic (exact) mass is 653 g/mol. The van der Waals surface area contributed by atoms with E-state index >= 15 is 0 Å². The molecule has 0 atom stereocenters. The van der Waals surface area contributed by atoms with Crippen molar-refractivity contribution in [2.45, 2.75) is 0 Å². The van der Waals surface area contributed by atoms with E-state index < -0.39 is 0 Å². The number of hydrogen-bond donors (Lipinski definition) is 0. The van der Waals surface area contributed by atoms with E-state index in [4.69, 9.17) is 9.97 Å². The van der Waals surface area contributed by atoms with E-state index in [2.05, 4.69) is 168 Å². The first-order chi connectivity index (χ1) is 24.8. The Morgan fingerprint density at radius 1 is 0.400 bits per heavy atom. The van der Waals surface area contributed by atoms with Gasteiger partial charge in [0.2, 0.25) is 5.95 Å². The van der Waals surface area contributed by atoms with Gasteiger partial charge in [-0.05, 0) is 81.2 Å². The van der Waals surface area contributed by atoms with Crippen molar-refractivity contribution in [3.63, 3.8) is 0 Å². The molecular formula is C46H27N3S. The van der Waals surface area contributed by atoms with Crippen LogP contribution in [-0.2, 0) is 0 Å². The normalized spacial score (nSPS) is 12.0. The van der Waals surface area contributed by atoms with E-state index in [9.17, 15) is 0 Å². The molecule has 3 heterocycles. The Morgan fingerprint density at radius 3 is 1.96 bits per heavy atom. The number of para-hydroxylation sites is 1. The molecule has 0 amide bonds. The highest BCUT2D eigenvalue weighted by molar-refractivity contribution is 7.25. The maximum absolute atomic E-state index is 5.45. The van der Waals surface area contributed by atoms with E-state index in [0.717, 1.165) is 33.2 Å². The average Bonchev–Trinajstić information content (AvgIpc) is 3.71. The zero-order valence-corrected chi connectivity index (χ0v) is 27.7. The summed E-state index contributed by atoms with van der Waals surface area (Å²) in [6, 6.07) is 59.0. The van der Waals surface area contributed by atoms with Crippen LogP contribution in [-0.4, -0.2) is 14.5 Å². The molecule has 3 nitrogen and oxygen atoms in total. The standard InChI is InChI=1S/C46H27N3S/c1-2-10-28(11-3-1)32-19-21-40-38(25-32)44-34-15-7-6-12-29(34)18-22-41(44)49(40)46-47-39-17-9-8-16-35(39)45(48-46)33-20-23-42-36(26-33)37-24-30-13-4-5-14-31(30)27-43(37)50-42/h1-27H. The molecule has 0 aliphatic rings. The molecule has 0 bridgehead atoms. The molecule has 50 heavy (non-hydrogen) atoms. The summed E-state index contributed by atoms with van der Waals surface area (Å²) in [4.78, 5) is 10.7. The van der Waals surface area contributed by atoms with Crippen molar-refractivity contribution >= 4 is 85.8 Å². The summed E-state index contributed by atoms with van der Waals surface area (Å²) in [6.07, 6.45) is 0. The van der Waals surface area contributed by atoms with Gasteiger partial charge in [-0.25, -0.2) is 9.97 Å². The van der Waals surface area contributed by atoms with E-state index in [-0.39, 0.29) is 0 Å². The summed E-state index contributed by atoms with van der Waals surface area (Å²) < 4.78 is 4.84. The molecule has 0 saturated carbocycles. The van der Waals surface area contributed by atoms with Crippen LogP contribution in [0.4, 0.5) is 0 Å². The minimum absolute atomic E-state index is 0.669. The third kappa shape index (κ3) is 4.09. The molecule has 0 unspecified atom stereocenters. The predicted molar refractivity (Wildman–Crippen MR) is 213 cm³/mol. The molecule has 0 radical (unpaired) electrons. The molecule has 0 saturated heterocycles. The highest BCUT2D eigenvalue weighted by atomic mass is 32.1. The number of fused-ring (bicyclic) bond motifs is 10. The number of nitrogens with zero attached hydrogens (tertiary/aromatic N) is 3. The number of aromatic nitrogens is 3. The molecular weight excluding hydrogens is 627 g/mol. The summed E-state index contributed by atoms with van der Waals surface area (Å²) in [5.74, 6) is 0.669. The highest BCUT2D eigenvalue weighted by Crippen LogP contribution is 2.41. The van der Waals surface area contributed by atoms with Crippen LogP contribution in [0.1, 0.15) is 0 Å². The lowest BCUT2D eigenvalue weighted by molar-refractivity contribution is 1.01. The molecule has 0 fully saturated rings. The SMILES string of the molecule is c1ccc(-c2ccc3c(c2)c2c4ccccc4ccc2n3-c2nc(-c3ccc4sc5cc6ccccc6cc5c4c3)c3ccccc3n2)cc1. The van der Waals surface area contributed by atoms with Gasteiger partial charge in [0, 0.05) is 41.9 Å². The lowest BCUT2D eigenvalue weighted by Gasteiger charge is -2.12. The van der Waals surface area contributed by atoms with Gasteiger partial charge >= 0.3 is 0 Å². The molecule has 0 N–H and O–H groups in total. The third-order valence-corrected chi connectivity index (χ3v) is 11.3. The smallest absolute Gasteiger partial charge is 0.235 e. The van der Waals surface area contributed by atoms with Crippen molar-refractivity contribution in [1.82, 2.24) is 14.5 Å². The molecule has 0 spiro atoms. The number of benzene rings is 8. The van der Waals surface area contributed by atoms with Gasteiger partial charge in [0.1, 0.15) is 0 Å². The molecule has 4 heteroatoms. The van der Waals surface area contributed by atoms with Crippen LogP contribution in [0.25, 0.3) is 103 Å². The second-order valence-corrected chi connectivity index (χ2v) is 14.1. The fourth-order valence-electron chi connectivity index (χ4n) is 7.81. The molecule has 3 aromatic heterocycles. The maximum Gasteiger partial charge on any atom is 0.235 e. The molecule has 11 aromatic rings. The topological polar surface area (TPSA) is 30.7 Å². The van der Waals surface area contributed by atoms with Crippen molar-refractivity contribution in [2.75, 3.05) is 0 Å². The van der Waals surface area contributed by atoms with Crippen molar-refractivity contribution in [3.05, 3.63) is 164 Å². The largest absolute Gasteiger partial charge is 0.278 e. The Hall–Kier alpha value is -6.36. The minimum Gasteiger partial charge on any atom is -0.278 e. The second kappa shape index (κ2) is 10.6. The Balaban J connectivity index is 1.19. The molecule has 11 rings (SSSR count). The van der Waals surface area contributed by atoms with Crippen molar-refractivity contribution in [1.29, 1.82) is 0 Å². The summed E-state index contributed by atoms with van der Waals surface area (Å²) in [5.41, 5.74) is 7.51. The molecule has 0 aliphatic carbocycles. The minimum atomic E-state index is 0.669. The van der Waals surface area contributed by atoms with Crippen LogP contribution in [0.15, 0.2) is 164 Å². The van der Waals surface area contributed by atoms with Gasteiger partial charge in [0.05, 0.1) is 22.2 Å². The van der Waals surface area contributed by atoms with E-state index in [1.54, 1.807) is 0 Å². The Kier molecular flexibility index (Phi) is 5.83. The molecule has 8 aromatic carbocycles. The van der Waals surface area contributed by atoms with Gasteiger partial charge in [-0.1, -0.05) is 115 Å². The summed E-state index contributed by atoms with van der Waals surface area (Å²) in [5, 5.41) is 11.0. The zero-order valence-electron chi connectivity index (χ0n) is 26.8. The van der Waals surface area contributed by atoms with E-state index in [0.29, 0.717) is 5.95 Å². The predicted octanol–water partition coefficient (Wildman–Crippen LogP) is 12.7. The fourth-order valence-corrected chi connectivity index (χ4v) is 8.93. The van der Waals surface area contributed by atoms with E-state index in [1.165, 1.54) is 63.6 Å². The zero-order chi connectivity index (χ0) is 32.8. The van der Waals surface area contributed by atoms with Gasteiger partial charge in [0.25, 0.3) is 0 Å². The summed E-state index contributed by atoms with van der Waals surface area (Å²) in [6.45, 7) is 0. The fraction of sp³-hybridized carbons (Fsp3) is 0. The third-order valence-electron chi connectivity index (χ3n) is 10.2. The quantitative estimate of drug-likeness (QED) is 0.190. The lowest BCUT2D eigenvalue weighted by Crippen LogP contribution is -2.03. The average molecular weight is 654 g/mol. The van der Waals surface area contributed by atoms with Gasteiger partial charge < -0.3 is 0 Å². The van der Waals surface area contributed by atoms with Crippen LogP contribution in [0.2, 0.25) is 0 Å². The van der Waals surface area contributed by atoms with Gasteiger partial charge in [-0.2, -0.15) is 0 Å². The molecule has 0 aliphatic heterocycles. The Morgan fingerprint density at radius 2 is 1.08 bits per heavy atom. The maximum atomic E-state index is 5.45. The first kappa shape index (κ1) is 27.6. The van der Waals surface area contributed by atoms with Gasteiger partial charge in [0.15, 0.2) is 0 Å². The Bertz CT molecular complexity index is 3150. The molecule has 232 valence electrons. The number of hydrogen-bond acceptors (Lipinski definition) is 3. The number of thiophene rings is 1. The van der Waals surface area contributed by atoms with E-state index in [1.807, 2.05) is 11.3 Å². The Labute approximate surface area is 291 Å². The van der Waals surface area contributed by atoms with Crippen LogP contribution in [0, 0.1) is 0 Å². The van der Waals surface area contributed by atoms with Gasteiger partial charge in [-0.3, -0.25) is 4.57 Å². The van der Waals surface area contributed by atoms with Crippen LogP contribution in [0.3, 0.4) is 0 Å².